The van der Waals surface area contributed by atoms with Crippen molar-refractivity contribution in [3.63, 3.8) is 0 Å². The maximum Gasteiger partial charge on any atom is 0.344 e. The molecule has 0 saturated heterocycles. The van der Waals surface area contributed by atoms with Crippen molar-refractivity contribution in [2.24, 2.45) is 0 Å². The summed E-state index contributed by atoms with van der Waals surface area (Å²) in [5.74, 6) is -0.707. The lowest BCUT2D eigenvalue weighted by Gasteiger charge is -2.14. The second-order valence-corrected chi connectivity index (χ2v) is 6.49. The van der Waals surface area contributed by atoms with Crippen molar-refractivity contribution in [1.29, 1.82) is 0 Å². The SMILES string of the molecule is CC(=O)Nc1ccc(NC(=O)[C@@H](C)OC(=O)COc2cc(C)cc(C)c2)cc1. The number of aryl methyl sites for hydroxylation is 2. The fourth-order valence-corrected chi connectivity index (χ4v) is 2.53. The molecule has 0 saturated carbocycles. The van der Waals surface area contributed by atoms with E-state index in [0.717, 1.165) is 11.1 Å². The summed E-state index contributed by atoms with van der Waals surface area (Å²) in [5.41, 5.74) is 3.20. The van der Waals surface area contributed by atoms with E-state index in [0.29, 0.717) is 17.1 Å². The molecular formula is C21H24N2O5. The summed E-state index contributed by atoms with van der Waals surface area (Å²) in [5, 5.41) is 5.28. The van der Waals surface area contributed by atoms with Crippen LogP contribution in [0.4, 0.5) is 11.4 Å². The van der Waals surface area contributed by atoms with Crippen LogP contribution >= 0.6 is 0 Å². The fraction of sp³-hybridized carbons (Fsp3) is 0.286. The molecule has 7 nitrogen and oxygen atoms in total. The molecule has 0 radical (unpaired) electrons. The Morgan fingerprint density at radius 2 is 1.46 bits per heavy atom. The third kappa shape index (κ3) is 6.75. The van der Waals surface area contributed by atoms with Crippen LogP contribution in [-0.4, -0.2) is 30.5 Å². The Labute approximate surface area is 164 Å². The number of esters is 1. The molecule has 0 fully saturated rings. The molecule has 7 heteroatoms. The normalized spacial score (nSPS) is 11.3. The lowest BCUT2D eigenvalue weighted by Crippen LogP contribution is -2.31. The third-order valence-electron chi connectivity index (χ3n) is 3.70. The number of hydrogen-bond donors (Lipinski definition) is 2. The molecule has 28 heavy (non-hydrogen) atoms. The minimum Gasteiger partial charge on any atom is -0.482 e. The van der Waals surface area contributed by atoms with Crippen molar-refractivity contribution in [1.82, 2.24) is 0 Å². The Kier molecular flexibility index (Phi) is 7.14. The smallest absolute Gasteiger partial charge is 0.344 e. The van der Waals surface area contributed by atoms with E-state index in [4.69, 9.17) is 9.47 Å². The standard InChI is InChI=1S/C21H24N2O5/c1-13-9-14(2)11-19(10-13)27-12-20(25)28-15(3)21(26)23-18-7-5-17(6-8-18)22-16(4)24/h5-11,15H,12H2,1-4H3,(H,22,24)(H,23,26)/t15-/m1/s1. The van der Waals surface area contributed by atoms with E-state index in [9.17, 15) is 14.4 Å². The summed E-state index contributed by atoms with van der Waals surface area (Å²) in [6.07, 6.45) is -0.981. The Balaban J connectivity index is 1.82. The highest BCUT2D eigenvalue weighted by Gasteiger charge is 2.18. The number of anilines is 2. The van der Waals surface area contributed by atoms with Crippen LogP contribution in [0.15, 0.2) is 42.5 Å². The quantitative estimate of drug-likeness (QED) is 0.715. The van der Waals surface area contributed by atoms with Gasteiger partial charge >= 0.3 is 5.97 Å². The van der Waals surface area contributed by atoms with Gasteiger partial charge in [0, 0.05) is 18.3 Å². The minimum absolute atomic E-state index is 0.180. The molecule has 0 aliphatic heterocycles. The number of ether oxygens (including phenoxy) is 2. The first kappa shape index (κ1) is 21.0. The number of benzene rings is 2. The zero-order valence-corrected chi connectivity index (χ0v) is 16.4. The fourth-order valence-electron chi connectivity index (χ4n) is 2.53. The molecule has 2 aromatic carbocycles. The van der Waals surface area contributed by atoms with Crippen molar-refractivity contribution in [3.8, 4) is 5.75 Å². The summed E-state index contributed by atoms with van der Waals surface area (Å²) < 4.78 is 10.5. The number of carbonyl (C=O) groups excluding carboxylic acids is 3. The monoisotopic (exact) mass is 384 g/mol. The first-order valence-corrected chi connectivity index (χ1v) is 8.82. The molecule has 0 aliphatic rings. The maximum atomic E-state index is 12.2. The highest BCUT2D eigenvalue weighted by atomic mass is 16.6. The highest BCUT2D eigenvalue weighted by Crippen LogP contribution is 2.16. The van der Waals surface area contributed by atoms with Crippen LogP contribution in [0.5, 0.6) is 5.75 Å². The van der Waals surface area contributed by atoms with E-state index in [2.05, 4.69) is 10.6 Å². The zero-order valence-electron chi connectivity index (χ0n) is 16.4. The summed E-state index contributed by atoms with van der Waals surface area (Å²) in [4.78, 5) is 35.1. The first-order valence-electron chi connectivity index (χ1n) is 8.82. The van der Waals surface area contributed by atoms with E-state index in [1.807, 2.05) is 32.0 Å². The molecule has 2 aromatic rings. The molecule has 2 amide bonds. The Bertz CT molecular complexity index is 841. The maximum absolute atomic E-state index is 12.2. The lowest BCUT2D eigenvalue weighted by molar-refractivity contribution is -0.155. The van der Waals surface area contributed by atoms with Crippen LogP contribution in [0.2, 0.25) is 0 Å². The molecule has 0 bridgehead atoms. The number of amides is 2. The molecule has 2 rings (SSSR count). The third-order valence-corrected chi connectivity index (χ3v) is 3.70. The largest absolute Gasteiger partial charge is 0.482 e. The lowest BCUT2D eigenvalue weighted by atomic mass is 10.1. The van der Waals surface area contributed by atoms with Gasteiger partial charge in [-0.3, -0.25) is 9.59 Å². The second-order valence-electron chi connectivity index (χ2n) is 6.49. The number of nitrogens with one attached hydrogen (secondary N) is 2. The van der Waals surface area contributed by atoms with Crippen molar-refractivity contribution in [3.05, 3.63) is 53.6 Å². The van der Waals surface area contributed by atoms with Gasteiger partial charge in [-0.2, -0.15) is 0 Å². The molecule has 148 valence electrons. The van der Waals surface area contributed by atoms with Crippen LogP contribution < -0.4 is 15.4 Å². The van der Waals surface area contributed by atoms with Crippen molar-refractivity contribution < 1.29 is 23.9 Å². The number of rotatable bonds is 7. The highest BCUT2D eigenvalue weighted by molar-refractivity contribution is 5.95. The molecule has 0 heterocycles. The number of hydrogen-bond acceptors (Lipinski definition) is 5. The molecule has 0 unspecified atom stereocenters. The molecule has 0 aromatic heterocycles. The summed E-state index contributed by atoms with van der Waals surface area (Å²) in [6, 6.07) is 12.2. The van der Waals surface area contributed by atoms with E-state index in [-0.39, 0.29) is 12.5 Å². The van der Waals surface area contributed by atoms with Gasteiger partial charge in [0.25, 0.3) is 5.91 Å². The summed E-state index contributed by atoms with van der Waals surface area (Å²) >= 11 is 0. The van der Waals surface area contributed by atoms with Gasteiger partial charge in [-0.15, -0.1) is 0 Å². The van der Waals surface area contributed by atoms with Gasteiger partial charge < -0.3 is 20.1 Å². The molecular weight excluding hydrogens is 360 g/mol. The topological polar surface area (TPSA) is 93.7 Å². The Hall–Kier alpha value is -3.35. The van der Waals surface area contributed by atoms with Gasteiger partial charge in [-0.05, 0) is 68.3 Å². The van der Waals surface area contributed by atoms with Crippen LogP contribution in [0.25, 0.3) is 0 Å². The summed E-state index contributed by atoms with van der Waals surface area (Å²) in [6.45, 7) is 6.48. The summed E-state index contributed by atoms with van der Waals surface area (Å²) in [7, 11) is 0. The predicted octanol–water partition coefficient (Wildman–Crippen LogP) is 3.21. The Morgan fingerprint density at radius 3 is 2.00 bits per heavy atom. The predicted molar refractivity (Wildman–Crippen MR) is 106 cm³/mol. The van der Waals surface area contributed by atoms with Gasteiger partial charge in [-0.25, -0.2) is 4.79 Å². The van der Waals surface area contributed by atoms with Crippen LogP contribution in [0.1, 0.15) is 25.0 Å². The van der Waals surface area contributed by atoms with Gasteiger partial charge in [0.15, 0.2) is 12.7 Å². The zero-order chi connectivity index (χ0) is 20.7. The van der Waals surface area contributed by atoms with Crippen molar-refractivity contribution >= 4 is 29.2 Å². The second kappa shape index (κ2) is 9.55. The van der Waals surface area contributed by atoms with Gasteiger partial charge in [0.1, 0.15) is 5.75 Å². The van der Waals surface area contributed by atoms with E-state index < -0.39 is 18.0 Å². The van der Waals surface area contributed by atoms with Crippen LogP contribution in [0, 0.1) is 13.8 Å². The molecule has 0 aliphatic carbocycles. The van der Waals surface area contributed by atoms with E-state index in [1.54, 1.807) is 24.3 Å². The average molecular weight is 384 g/mol. The van der Waals surface area contributed by atoms with Crippen LogP contribution in [0.3, 0.4) is 0 Å². The van der Waals surface area contributed by atoms with Gasteiger partial charge in [0.2, 0.25) is 5.91 Å². The molecule has 1 atom stereocenters. The Morgan fingerprint density at radius 1 is 0.929 bits per heavy atom. The number of carbonyl (C=O) groups is 3. The average Bonchev–Trinajstić information content (AvgIpc) is 2.60. The van der Waals surface area contributed by atoms with Crippen molar-refractivity contribution in [2.45, 2.75) is 33.8 Å². The minimum atomic E-state index is -0.981. The van der Waals surface area contributed by atoms with E-state index in [1.165, 1.54) is 13.8 Å². The van der Waals surface area contributed by atoms with E-state index >= 15 is 0 Å². The van der Waals surface area contributed by atoms with Gasteiger partial charge in [0.05, 0.1) is 0 Å². The molecule has 0 spiro atoms. The first-order chi connectivity index (χ1) is 13.2. The van der Waals surface area contributed by atoms with Gasteiger partial charge in [-0.1, -0.05) is 6.07 Å². The van der Waals surface area contributed by atoms with Crippen LogP contribution in [-0.2, 0) is 19.1 Å². The van der Waals surface area contributed by atoms with Crippen molar-refractivity contribution in [2.75, 3.05) is 17.2 Å². The molecule has 2 N–H and O–H groups in total.